The summed E-state index contributed by atoms with van der Waals surface area (Å²) >= 11 is 0. The zero-order chi connectivity index (χ0) is 26.9. The van der Waals surface area contributed by atoms with Crippen LogP contribution in [0.15, 0.2) is 36.8 Å². The number of aromatic nitrogens is 2. The summed E-state index contributed by atoms with van der Waals surface area (Å²) in [6, 6.07) is 2.55. The number of aromatic amines is 1. The molecule has 1 saturated heterocycles. The van der Waals surface area contributed by atoms with E-state index in [0.29, 0.717) is 24.2 Å². The van der Waals surface area contributed by atoms with Crippen molar-refractivity contribution in [2.75, 3.05) is 6.54 Å². The van der Waals surface area contributed by atoms with Gasteiger partial charge in [-0.25, -0.2) is 9.78 Å². The number of aliphatic carboxylic acids is 1. The number of rotatable bonds is 12. The van der Waals surface area contributed by atoms with E-state index in [0.717, 1.165) is 6.42 Å². The highest BCUT2D eigenvalue weighted by atomic mass is 16.4. The molecule has 1 aliphatic heterocycles. The molecule has 200 valence electrons. The van der Waals surface area contributed by atoms with E-state index in [1.54, 1.807) is 26.0 Å². The van der Waals surface area contributed by atoms with Crippen LogP contribution in [0.25, 0.3) is 0 Å². The molecular weight excluding hydrogens is 480 g/mol. The van der Waals surface area contributed by atoms with Crippen LogP contribution in [0.2, 0.25) is 0 Å². The number of nitrogens with zero attached hydrogens (tertiary/aromatic N) is 1. The number of amides is 3. The molecule has 3 rings (SSSR count). The molecule has 4 unspecified atom stereocenters. The second kappa shape index (κ2) is 12.9. The number of phenolic OH excluding ortho intramolecular Hbond substituents is 1. The Morgan fingerprint density at radius 3 is 2.27 bits per heavy atom. The summed E-state index contributed by atoms with van der Waals surface area (Å²) in [4.78, 5) is 57.8. The van der Waals surface area contributed by atoms with E-state index >= 15 is 0 Å². The molecule has 4 atom stereocenters. The third kappa shape index (κ3) is 8.04. The van der Waals surface area contributed by atoms with E-state index in [9.17, 15) is 29.4 Å². The van der Waals surface area contributed by atoms with Gasteiger partial charge in [0.05, 0.1) is 12.4 Å². The minimum Gasteiger partial charge on any atom is -0.508 e. The Bertz CT molecular complexity index is 1070. The molecule has 0 bridgehead atoms. The third-order valence-corrected chi connectivity index (χ3v) is 6.23. The first kappa shape index (κ1) is 27.7. The van der Waals surface area contributed by atoms with E-state index in [4.69, 9.17) is 0 Å². The zero-order valence-electron chi connectivity index (χ0n) is 20.9. The fourth-order valence-electron chi connectivity index (χ4n) is 4.12. The highest BCUT2D eigenvalue weighted by Gasteiger charge is 2.32. The van der Waals surface area contributed by atoms with Gasteiger partial charge in [-0.1, -0.05) is 26.0 Å². The molecule has 2 heterocycles. The number of imidazole rings is 1. The van der Waals surface area contributed by atoms with Gasteiger partial charge in [-0.3, -0.25) is 14.4 Å². The Labute approximate surface area is 214 Å². The van der Waals surface area contributed by atoms with Gasteiger partial charge in [0.1, 0.15) is 23.9 Å². The van der Waals surface area contributed by atoms with Crippen LogP contribution in [0.3, 0.4) is 0 Å². The fraction of sp³-hybridized carbons (Fsp3) is 0.480. The average Bonchev–Trinajstić information content (AvgIpc) is 3.57. The van der Waals surface area contributed by atoms with Crippen molar-refractivity contribution < 1.29 is 29.4 Å². The van der Waals surface area contributed by atoms with Crippen LogP contribution >= 0.6 is 0 Å². The summed E-state index contributed by atoms with van der Waals surface area (Å²) < 4.78 is 0. The van der Waals surface area contributed by atoms with Crippen molar-refractivity contribution >= 4 is 23.7 Å². The molecule has 1 aliphatic rings. The smallest absolute Gasteiger partial charge is 0.326 e. The minimum atomic E-state index is -1.18. The van der Waals surface area contributed by atoms with Crippen LogP contribution in [0, 0.1) is 5.92 Å². The van der Waals surface area contributed by atoms with Crippen molar-refractivity contribution in [2.24, 2.45) is 5.92 Å². The monoisotopic (exact) mass is 514 g/mol. The lowest BCUT2D eigenvalue weighted by molar-refractivity contribution is -0.143. The molecule has 0 aliphatic carbocycles. The summed E-state index contributed by atoms with van der Waals surface area (Å²) in [5.41, 5.74) is 1.25. The van der Waals surface area contributed by atoms with Gasteiger partial charge in [0.2, 0.25) is 17.7 Å². The molecule has 1 fully saturated rings. The average molecular weight is 515 g/mol. The van der Waals surface area contributed by atoms with Gasteiger partial charge in [-0.2, -0.15) is 0 Å². The largest absolute Gasteiger partial charge is 0.508 e. The van der Waals surface area contributed by atoms with Gasteiger partial charge in [-0.05, 0) is 43.0 Å². The third-order valence-electron chi connectivity index (χ3n) is 6.23. The molecule has 7 N–H and O–H groups in total. The molecule has 2 aromatic rings. The Balaban J connectivity index is 1.80. The van der Waals surface area contributed by atoms with Gasteiger partial charge >= 0.3 is 5.97 Å². The normalized spacial score (nSPS) is 17.5. The molecule has 37 heavy (non-hydrogen) atoms. The lowest BCUT2D eigenvalue weighted by atomic mass is 10.0. The number of hydrogen-bond donors (Lipinski definition) is 7. The van der Waals surface area contributed by atoms with Crippen molar-refractivity contribution in [1.29, 1.82) is 0 Å². The number of nitrogens with one attached hydrogen (secondary N) is 5. The number of H-pyrrole nitrogens is 1. The van der Waals surface area contributed by atoms with Crippen molar-refractivity contribution in [3.05, 3.63) is 48.0 Å². The fourth-order valence-corrected chi connectivity index (χ4v) is 4.12. The SMILES string of the molecule is CC(C)C(NC(=O)C(Cc1cnc[nH]1)NC(=O)C(Cc1ccc(O)cc1)NC(=O)C1CCCN1)C(=O)O. The van der Waals surface area contributed by atoms with Crippen LogP contribution < -0.4 is 21.3 Å². The van der Waals surface area contributed by atoms with Crippen LogP contribution in [0.1, 0.15) is 37.9 Å². The van der Waals surface area contributed by atoms with Crippen molar-refractivity contribution in [2.45, 2.75) is 63.7 Å². The molecule has 1 aromatic carbocycles. The maximum absolute atomic E-state index is 13.4. The maximum atomic E-state index is 13.4. The molecule has 3 amide bonds. The van der Waals surface area contributed by atoms with Crippen LogP contribution in [0.5, 0.6) is 5.75 Å². The Morgan fingerprint density at radius 1 is 1.03 bits per heavy atom. The summed E-state index contributed by atoms with van der Waals surface area (Å²) in [5.74, 6) is -3.09. The number of hydrogen-bond acceptors (Lipinski definition) is 7. The zero-order valence-corrected chi connectivity index (χ0v) is 20.9. The van der Waals surface area contributed by atoms with E-state index in [1.165, 1.54) is 24.7 Å². The Morgan fingerprint density at radius 2 is 1.70 bits per heavy atom. The number of carboxylic acid groups (broad SMARTS) is 1. The second-order valence-electron chi connectivity index (χ2n) is 9.49. The predicted molar refractivity (Wildman–Crippen MR) is 133 cm³/mol. The van der Waals surface area contributed by atoms with E-state index in [2.05, 4.69) is 31.2 Å². The number of phenols is 1. The number of aromatic hydroxyl groups is 1. The first-order chi connectivity index (χ1) is 17.6. The van der Waals surface area contributed by atoms with Crippen LogP contribution in [0.4, 0.5) is 0 Å². The lowest BCUT2D eigenvalue weighted by Gasteiger charge is -2.26. The molecule has 0 saturated carbocycles. The molecule has 0 radical (unpaired) electrons. The van der Waals surface area contributed by atoms with Gasteiger partial charge in [-0.15, -0.1) is 0 Å². The highest BCUT2D eigenvalue weighted by molar-refractivity contribution is 5.94. The van der Waals surface area contributed by atoms with Gasteiger partial charge in [0, 0.05) is 24.7 Å². The van der Waals surface area contributed by atoms with Gasteiger partial charge in [0.25, 0.3) is 0 Å². The quantitative estimate of drug-likeness (QED) is 0.204. The van der Waals surface area contributed by atoms with Gasteiger partial charge in [0.15, 0.2) is 0 Å². The Hall–Kier alpha value is -3.93. The topological polar surface area (TPSA) is 186 Å². The number of benzene rings is 1. The number of carboxylic acids is 1. The van der Waals surface area contributed by atoms with Gasteiger partial charge < -0.3 is 36.5 Å². The number of carbonyl (C=O) groups is 4. The molecule has 12 nitrogen and oxygen atoms in total. The number of carbonyl (C=O) groups excluding carboxylic acids is 3. The summed E-state index contributed by atoms with van der Waals surface area (Å²) in [6.45, 7) is 4.05. The highest BCUT2D eigenvalue weighted by Crippen LogP contribution is 2.13. The summed E-state index contributed by atoms with van der Waals surface area (Å²) in [5, 5.41) is 30.2. The molecule has 1 aromatic heterocycles. The van der Waals surface area contributed by atoms with Crippen molar-refractivity contribution in [1.82, 2.24) is 31.2 Å². The van der Waals surface area contributed by atoms with E-state index in [1.807, 2.05) is 0 Å². The van der Waals surface area contributed by atoms with Crippen LogP contribution in [-0.4, -0.2) is 74.6 Å². The summed E-state index contributed by atoms with van der Waals surface area (Å²) in [6.07, 6.45) is 4.59. The van der Waals surface area contributed by atoms with E-state index in [-0.39, 0.29) is 30.4 Å². The Kier molecular flexibility index (Phi) is 9.61. The van der Waals surface area contributed by atoms with E-state index < -0.39 is 42.0 Å². The van der Waals surface area contributed by atoms with Crippen molar-refractivity contribution in [3.8, 4) is 5.75 Å². The molecular formula is C25H34N6O6. The molecule has 0 spiro atoms. The minimum absolute atomic E-state index is 0.0338. The first-order valence-electron chi connectivity index (χ1n) is 12.3. The van der Waals surface area contributed by atoms with Crippen molar-refractivity contribution in [3.63, 3.8) is 0 Å². The first-order valence-corrected chi connectivity index (χ1v) is 12.3. The standard InChI is InChI=1S/C25H34N6O6/c1-14(2)21(25(36)37)31-24(35)20(11-16-12-26-13-28-16)30-23(34)19(10-15-5-7-17(32)8-6-15)29-22(33)18-4-3-9-27-18/h5-8,12-14,18-21,27,32H,3-4,9-11H2,1-2H3,(H,26,28)(H,29,33)(H,30,34)(H,31,35)(H,36,37). The second-order valence-corrected chi connectivity index (χ2v) is 9.49. The lowest BCUT2D eigenvalue weighted by Crippen LogP contribution is -2.58. The van der Waals surface area contributed by atoms with Crippen LogP contribution in [-0.2, 0) is 32.0 Å². The summed E-state index contributed by atoms with van der Waals surface area (Å²) in [7, 11) is 0. The predicted octanol–water partition coefficient (Wildman–Crippen LogP) is -0.152. The molecule has 12 heteroatoms. The maximum Gasteiger partial charge on any atom is 0.326 e.